The number of nitro benzene ring substituents is 1. The summed E-state index contributed by atoms with van der Waals surface area (Å²) in [5, 5.41) is 18.3. The Morgan fingerprint density at radius 3 is 2.52 bits per heavy atom. The molecule has 0 aromatic heterocycles. The first-order valence-electron chi connectivity index (χ1n) is 7.49. The number of rotatable bonds is 6. The number of halogens is 1. The minimum Gasteiger partial charge on any atom is -0.482 e. The fraction of sp³-hybridized carbons (Fsp3) is 0.188. The minimum absolute atomic E-state index is 0.0137. The molecule has 144 valence electrons. The molecular formula is C16H16ClN3O6S. The molecule has 0 radical (unpaired) electrons. The zero-order chi connectivity index (χ0) is 20.4. The quantitative estimate of drug-likeness (QED) is 0.550. The molecule has 0 saturated heterocycles. The normalized spacial score (nSPS) is 11.1. The number of nitro groups is 1. The van der Waals surface area contributed by atoms with E-state index in [9.17, 15) is 23.3 Å². The van der Waals surface area contributed by atoms with Crippen LogP contribution in [0.15, 0.2) is 35.2 Å². The maximum atomic E-state index is 12.1. The van der Waals surface area contributed by atoms with Crippen molar-refractivity contribution < 1.29 is 22.9 Å². The van der Waals surface area contributed by atoms with Crippen molar-refractivity contribution in [2.75, 3.05) is 11.9 Å². The summed E-state index contributed by atoms with van der Waals surface area (Å²) in [6.07, 6.45) is 0. The van der Waals surface area contributed by atoms with Crippen molar-refractivity contribution in [3.05, 3.63) is 56.6 Å². The van der Waals surface area contributed by atoms with E-state index in [1.165, 1.54) is 24.3 Å². The molecular weight excluding hydrogens is 398 g/mol. The zero-order valence-electron chi connectivity index (χ0n) is 14.4. The average molecular weight is 414 g/mol. The van der Waals surface area contributed by atoms with E-state index in [4.69, 9.17) is 21.5 Å². The van der Waals surface area contributed by atoms with Crippen LogP contribution in [-0.4, -0.2) is 25.9 Å². The fourth-order valence-corrected chi connectivity index (χ4v) is 3.02. The molecule has 2 aromatic rings. The number of ether oxygens (including phenoxy) is 1. The van der Waals surface area contributed by atoms with Crippen LogP contribution < -0.4 is 15.2 Å². The second-order valence-electron chi connectivity index (χ2n) is 5.67. The number of carbonyl (C=O) groups excluding carboxylic acids is 1. The Balaban J connectivity index is 2.13. The lowest BCUT2D eigenvalue weighted by Crippen LogP contribution is -2.21. The van der Waals surface area contributed by atoms with Gasteiger partial charge in [0.25, 0.3) is 11.6 Å². The highest BCUT2D eigenvalue weighted by molar-refractivity contribution is 7.89. The molecule has 2 rings (SSSR count). The Kier molecular flexibility index (Phi) is 6.04. The van der Waals surface area contributed by atoms with Crippen LogP contribution in [0.5, 0.6) is 5.75 Å². The molecule has 2 aromatic carbocycles. The number of non-ortho nitro benzene ring substituents is 1. The number of amides is 1. The van der Waals surface area contributed by atoms with Crippen LogP contribution in [0.1, 0.15) is 11.1 Å². The van der Waals surface area contributed by atoms with Gasteiger partial charge in [0.15, 0.2) is 6.61 Å². The van der Waals surface area contributed by atoms with Crippen molar-refractivity contribution >= 4 is 38.9 Å². The van der Waals surface area contributed by atoms with Crippen LogP contribution in [0, 0.1) is 24.0 Å². The van der Waals surface area contributed by atoms with Crippen LogP contribution >= 0.6 is 11.6 Å². The summed E-state index contributed by atoms with van der Waals surface area (Å²) in [5.41, 5.74) is 1.38. The van der Waals surface area contributed by atoms with Gasteiger partial charge >= 0.3 is 0 Å². The van der Waals surface area contributed by atoms with Gasteiger partial charge in [-0.2, -0.15) is 0 Å². The standard InChI is InChI=1S/C16H16ClN3O6S/c1-9-5-12(27(18,24)25)7-14(10(9)2)19-16(21)8-26-15-4-3-11(20(22)23)6-13(15)17/h3-7H,8H2,1-2H3,(H,19,21)(H2,18,24,25). The number of benzene rings is 2. The van der Waals surface area contributed by atoms with E-state index in [0.717, 1.165) is 6.07 Å². The second-order valence-corrected chi connectivity index (χ2v) is 7.64. The largest absolute Gasteiger partial charge is 0.482 e. The zero-order valence-corrected chi connectivity index (χ0v) is 15.9. The molecule has 0 saturated carbocycles. The third-order valence-corrected chi connectivity index (χ3v) is 4.92. The number of nitrogens with one attached hydrogen (secondary N) is 1. The highest BCUT2D eigenvalue weighted by atomic mass is 35.5. The summed E-state index contributed by atoms with van der Waals surface area (Å²) in [7, 11) is -3.93. The lowest BCUT2D eigenvalue weighted by molar-refractivity contribution is -0.384. The lowest BCUT2D eigenvalue weighted by Gasteiger charge is -2.13. The van der Waals surface area contributed by atoms with Crippen LogP contribution in [0.4, 0.5) is 11.4 Å². The van der Waals surface area contributed by atoms with Crippen LogP contribution in [0.2, 0.25) is 5.02 Å². The van der Waals surface area contributed by atoms with E-state index in [1.807, 2.05) is 0 Å². The summed E-state index contributed by atoms with van der Waals surface area (Å²) < 4.78 is 28.3. The van der Waals surface area contributed by atoms with Crippen LogP contribution in [-0.2, 0) is 14.8 Å². The highest BCUT2D eigenvalue weighted by Crippen LogP contribution is 2.29. The number of aryl methyl sites for hydroxylation is 1. The molecule has 0 bridgehead atoms. The molecule has 3 N–H and O–H groups in total. The van der Waals surface area contributed by atoms with Crippen molar-refractivity contribution in [2.45, 2.75) is 18.7 Å². The Labute approximate surface area is 160 Å². The van der Waals surface area contributed by atoms with E-state index in [-0.39, 0.29) is 27.0 Å². The second kappa shape index (κ2) is 7.91. The van der Waals surface area contributed by atoms with Gasteiger partial charge in [0.1, 0.15) is 5.75 Å². The smallest absolute Gasteiger partial charge is 0.271 e. The molecule has 0 aliphatic rings. The molecule has 1 amide bonds. The van der Waals surface area contributed by atoms with Gasteiger partial charge < -0.3 is 10.1 Å². The van der Waals surface area contributed by atoms with Gasteiger partial charge in [0, 0.05) is 17.8 Å². The number of anilines is 1. The maximum absolute atomic E-state index is 12.1. The molecule has 0 unspecified atom stereocenters. The Morgan fingerprint density at radius 2 is 1.96 bits per heavy atom. The predicted molar refractivity (Wildman–Crippen MR) is 99.5 cm³/mol. The molecule has 0 heterocycles. The number of carbonyl (C=O) groups is 1. The summed E-state index contributed by atoms with van der Waals surface area (Å²) in [6.45, 7) is 2.97. The summed E-state index contributed by atoms with van der Waals surface area (Å²) in [5.74, 6) is -0.470. The van der Waals surface area contributed by atoms with E-state index >= 15 is 0 Å². The van der Waals surface area contributed by atoms with E-state index in [0.29, 0.717) is 11.1 Å². The SMILES string of the molecule is Cc1cc(S(N)(=O)=O)cc(NC(=O)COc2ccc([N+](=O)[O-])cc2Cl)c1C. The van der Waals surface area contributed by atoms with E-state index < -0.39 is 27.5 Å². The summed E-state index contributed by atoms with van der Waals surface area (Å²) in [4.78, 5) is 22.1. The number of primary sulfonamides is 1. The van der Waals surface area contributed by atoms with Gasteiger partial charge in [-0.25, -0.2) is 13.6 Å². The van der Waals surface area contributed by atoms with Gasteiger partial charge in [0.2, 0.25) is 10.0 Å². The van der Waals surface area contributed by atoms with E-state index in [1.54, 1.807) is 13.8 Å². The molecule has 9 nitrogen and oxygen atoms in total. The third-order valence-electron chi connectivity index (χ3n) is 3.73. The number of nitrogens with zero attached hydrogens (tertiary/aromatic N) is 1. The lowest BCUT2D eigenvalue weighted by atomic mass is 10.1. The van der Waals surface area contributed by atoms with E-state index in [2.05, 4.69) is 5.32 Å². The van der Waals surface area contributed by atoms with Crippen molar-refractivity contribution in [2.24, 2.45) is 5.14 Å². The summed E-state index contributed by atoms with van der Waals surface area (Å²) >= 11 is 5.89. The van der Waals surface area contributed by atoms with Gasteiger partial charge in [0.05, 0.1) is 14.8 Å². The number of nitrogens with two attached hydrogens (primary N) is 1. The molecule has 0 aliphatic heterocycles. The number of hydrogen-bond acceptors (Lipinski definition) is 6. The first kappa shape index (κ1) is 20.6. The molecule has 0 atom stereocenters. The van der Waals surface area contributed by atoms with Gasteiger partial charge in [-0.3, -0.25) is 14.9 Å². The molecule has 0 spiro atoms. The highest BCUT2D eigenvalue weighted by Gasteiger charge is 2.15. The molecule has 0 aliphatic carbocycles. The van der Waals surface area contributed by atoms with Crippen molar-refractivity contribution in [1.29, 1.82) is 0 Å². The average Bonchev–Trinajstić information content (AvgIpc) is 2.56. The third kappa shape index (κ3) is 5.16. The van der Waals surface area contributed by atoms with Gasteiger partial charge in [-0.15, -0.1) is 0 Å². The van der Waals surface area contributed by atoms with Crippen LogP contribution in [0.25, 0.3) is 0 Å². The Morgan fingerprint density at radius 1 is 1.30 bits per heavy atom. The van der Waals surface area contributed by atoms with Gasteiger partial charge in [-0.05, 0) is 43.2 Å². The maximum Gasteiger partial charge on any atom is 0.271 e. The van der Waals surface area contributed by atoms with Crippen molar-refractivity contribution in [3.63, 3.8) is 0 Å². The number of hydrogen-bond donors (Lipinski definition) is 2. The monoisotopic (exact) mass is 413 g/mol. The summed E-state index contributed by atoms with van der Waals surface area (Å²) in [6, 6.07) is 6.26. The first-order valence-corrected chi connectivity index (χ1v) is 9.42. The minimum atomic E-state index is -3.93. The number of sulfonamides is 1. The molecule has 27 heavy (non-hydrogen) atoms. The van der Waals surface area contributed by atoms with Crippen molar-refractivity contribution in [1.82, 2.24) is 0 Å². The topological polar surface area (TPSA) is 142 Å². The Hall–Kier alpha value is -2.69. The molecule has 11 heteroatoms. The van der Waals surface area contributed by atoms with Gasteiger partial charge in [-0.1, -0.05) is 11.6 Å². The first-order chi connectivity index (χ1) is 12.5. The predicted octanol–water partition coefficient (Wildman–Crippen LogP) is 2.53. The fourth-order valence-electron chi connectivity index (χ4n) is 2.17. The van der Waals surface area contributed by atoms with Crippen molar-refractivity contribution in [3.8, 4) is 5.75 Å². The Bertz CT molecular complexity index is 1020. The molecule has 0 fully saturated rings. The van der Waals surface area contributed by atoms with Crippen LogP contribution in [0.3, 0.4) is 0 Å².